The molecule has 0 amide bonds. The summed E-state index contributed by atoms with van der Waals surface area (Å²) in [6.07, 6.45) is 2.71. The number of ether oxygens (including phenoxy) is 1. The molecule has 0 bridgehead atoms. The van der Waals surface area contributed by atoms with E-state index in [2.05, 4.69) is 51.2 Å². The molecule has 106 valence electrons. The van der Waals surface area contributed by atoms with Gasteiger partial charge in [0.05, 0.1) is 0 Å². The van der Waals surface area contributed by atoms with Crippen molar-refractivity contribution in [2.45, 2.75) is 52.5 Å². The summed E-state index contributed by atoms with van der Waals surface area (Å²) in [5, 5.41) is 3.53. The molecule has 19 heavy (non-hydrogen) atoms. The van der Waals surface area contributed by atoms with Crippen molar-refractivity contribution in [3.8, 4) is 5.75 Å². The molecule has 1 N–H and O–H groups in total. The Morgan fingerprint density at radius 1 is 1.32 bits per heavy atom. The van der Waals surface area contributed by atoms with Crippen molar-refractivity contribution < 1.29 is 4.74 Å². The van der Waals surface area contributed by atoms with Crippen LogP contribution in [0.25, 0.3) is 0 Å². The van der Waals surface area contributed by atoms with Crippen molar-refractivity contribution in [3.63, 3.8) is 0 Å². The van der Waals surface area contributed by atoms with Gasteiger partial charge in [0.2, 0.25) is 0 Å². The molecule has 1 aliphatic carbocycles. The Labute approximate surface area is 117 Å². The lowest BCUT2D eigenvalue weighted by atomic mass is 9.98. The summed E-state index contributed by atoms with van der Waals surface area (Å²) >= 11 is 0. The maximum Gasteiger partial charge on any atom is 0.119 e. The van der Waals surface area contributed by atoms with Crippen LogP contribution in [-0.2, 0) is 0 Å². The quantitative estimate of drug-likeness (QED) is 0.804. The predicted molar refractivity (Wildman–Crippen MR) is 81.0 cm³/mol. The number of rotatable bonds is 7. The number of hydrogen-bond donors (Lipinski definition) is 1. The molecule has 1 unspecified atom stereocenters. The van der Waals surface area contributed by atoms with Crippen molar-refractivity contribution in [2.75, 3.05) is 13.2 Å². The smallest absolute Gasteiger partial charge is 0.119 e. The van der Waals surface area contributed by atoms with Crippen LogP contribution in [0.1, 0.15) is 50.7 Å². The van der Waals surface area contributed by atoms with E-state index >= 15 is 0 Å². The van der Waals surface area contributed by atoms with Crippen LogP contribution in [0.3, 0.4) is 0 Å². The monoisotopic (exact) mass is 261 g/mol. The van der Waals surface area contributed by atoms with Crippen molar-refractivity contribution in [1.82, 2.24) is 5.32 Å². The molecule has 2 rings (SSSR count). The van der Waals surface area contributed by atoms with Crippen LogP contribution < -0.4 is 10.1 Å². The number of hydrogen-bond acceptors (Lipinski definition) is 2. The molecule has 0 spiro atoms. The number of nitrogens with one attached hydrogen (secondary N) is 1. The van der Waals surface area contributed by atoms with Crippen LogP contribution in [0, 0.1) is 12.8 Å². The van der Waals surface area contributed by atoms with Gasteiger partial charge in [0.25, 0.3) is 0 Å². The SMILES string of the molecule is CCNC(COc1ccc(C(C)C)c(C)c1)C1CC1. The Balaban J connectivity index is 1.93. The number of aryl methyl sites for hydroxylation is 1. The van der Waals surface area contributed by atoms with Gasteiger partial charge >= 0.3 is 0 Å². The lowest BCUT2D eigenvalue weighted by Crippen LogP contribution is -2.36. The molecule has 1 aliphatic rings. The van der Waals surface area contributed by atoms with E-state index in [1.807, 2.05) is 0 Å². The van der Waals surface area contributed by atoms with Crippen LogP contribution in [0.4, 0.5) is 0 Å². The third-order valence-electron chi connectivity index (χ3n) is 3.95. The summed E-state index contributed by atoms with van der Waals surface area (Å²) in [5.74, 6) is 2.41. The second kappa shape index (κ2) is 6.42. The first-order valence-corrected chi connectivity index (χ1v) is 7.58. The van der Waals surface area contributed by atoms with Crippen LogP contribution in [0.2, 0.25) is 0 Å². The molecular weight excluding hydrogens is 234 g/mol. The number of benzene rings is 1. The second-order valence-corrected chi connectivity index (χ2v) is 5.99. The average molecular weight is 261 g/mol. The normalized spacial score (nSPS) is 16.7. The van der Waals surface area contributed by atoms with Gasteiger partial charge in [-0.2, -0.15) is 0 Å². The van der Waals surface area contributed by atoms with Gasteiger partial charge in [-0.1, -0.05) is 26.8 Å². The Morgan fingerprint density at radius 2 is 2.05 bits per heavy atom. The summed E-state index contributed by atoms with van der Waals surface area (Å²) in [6.45, 7) is 10.6. The lowest BCUT2D eigenvalue weighted by Gasteiger charge is -2.19. The Hall–Kier alpha value is -1.02. The van der Waals surface area contributed by atoms with E-state index in [0.29, 0.717) is 12.0 Å². The molecule has 2 nitrogen and oxygen atoms in total. The van der Waals surface area contributed by atoms with Gasteiger partial charge in [-0.25, -0.2) is 0 Å². The largest absolute Gasteiger partial charge is 0.492 e. The van der Waals surface area contributed by atoms with E-state index in [0.717, 1.165) is 24.8 Å². The van der Waals surface area contributed by atoms with E-state index < -0.39 is 0 Å². The van der Waals surface area contributed by atoms with Crippen molar-refractivity contribution in [2.24, 2.45) is 5.92 Å². The minimum absolute atomic E-state index is 0.523. The zero-order chi connectivity index (χ0) is 13.8. The van der Waals surface area contributed by atoms with Gasteiger partial charge in [0, 0.05) is 6.04 Å². The molecule has 1 saturated carbocycles. The minimum atomic E-state index is 0.523. The first-order valence-electron chi connectivity index (χ1n) is 7.58. The average Bonchev–Trinajstić information content (AvgIpc) is 3.18. The van der Waals surface area contributed by atoms with Crippen LogP contribution in [0.15, 0.2) is 18.2 Å². The third kappa shape index (κ3) is 3.97. The highest BCUT2D eigenvalue weighted by Crippen LogP contribution is 2.33. The predicted octanol–water partition coefficient (Wildman–Crippen LogP) is 3.89. The summed E-state index contributed by atoms with van der Waals surface area (Å²) in [5.41, 5.74) is 2.75. The van der Waals surface area contributed by atoms with Gasteiger partial charge in [-0.05, 0) is 61.4 Å². The molecule has 0 radical (unpaired) electrons. The molecular formula is C17H27NO. The van der Waals surface area contributed by atoms with Gasteiger partial charge in [-0.15, -0.1) is 0 Å². The molecule has 0 saturated heterocycles. The van der Waals surface area contributed by atoms with Crippen molar-refractivity contribution in [3.05, 3.63) is 29.3 Å². The molecule has 1 atom stereocenters. The summed E-state index contributed by atoms with van der Waals surface area (Å²) in [6, 6.07) is 7.01. The molecule has 2 heteroatoms. The van der Waals surface area contributed by atoms with Crippen LogP contribution in [0.5, 0.6) is 5.75 Å². The standard InChI is InChI=1S/C17H27NO/c1-5-18-17(14-6-7-14)11-19-15-8-9-16(12(2)3)13(4)10-15/h8-10,12,14,17-18H,5-7,11H2,1-4H3. The van der Waals surface area contributed by atoms with Crippen LogP contribution >= 0.6 is 0 Å². The zero-order valence-corrected chi connectivity index (χ0v) is 12.7. The molecule has 1 fully saturated rings. The first kappa shape index (κ1) is 14.4. The summed E-state index contributed by atoms with van der Waals surface area (Å²) < 4.78 is 5.98. The highest BCUT2D eigenvalue weighted by Gasteiger charge is 2.30. The van der Waals surface area contributed by atoms with E-state index in [-0.39, 0.29) is 0 Å². The molecule has 1 aromatic rings. The topological polar surface area (TPSA) is 21.3 Å². The maximum absolute atomic E-state index is 5.98. The lowest BCUT2D eigenvalue weighted by molar-refractivity contribution is 0.251. The highest BCUT2D eigenvalue weighted by molar-refractivity contribution is 5.36. The van der Waals surface area contributed by atoms with Gasteiger partial charge in [0.15, 0.2) is 0 Å². The molecule has 0 aromatic heterocycles. The van der Waals surface area contributed by atoms with Gasteiger partial charge in [-0.3, -0.25) is 0 Å². The third-order valence-corrected chi connectivity index (χ3v) is 3.95. The van der Waals surface area contributed by atoms with E-state index in [4.69, 9.17) is 4.74 Å². The minimum Gasteiger partial charge on any atom is -0.492 e. The van der Waals surface area contributed by atoms with E-state index in [1.165, 1.54) is 24.0 Å². The fourth-order valence-corrected chi connectivity index (χ4v) is 2.69. The van der Waals surface area contributed by atoms with Gasteiger partial charge < -0.3 is 10.1 Å². The second-order valence-electron chi connectivity index (χ2n) is 5.99. The van der Waals surface area contributed by atoms with Crippen molar-refractivity contribution in [1.29, 1.82) is 0 Å². The Morgan fingerprint density at radius 3 is 2.58 bits per heavy atom. The molecule has 1 aromatic carbocycles. The maximum atomic E-state index is 5.98. The highest BCUT2D eigenvalue weighted by atomic mass is 16.5. The zero-order valence-electron chi connectivity index (χ0n) is 12.7. The van der Waals surface area contributed by atoms with Crippen molar-refractivity contribution >= 4 is 0 Å². The fraction of sp³-hybridized carbons (Fsp3) is 0.647. The van der Waals surface area contributed by atoms with Gasteiger partial charge in [0.1, 0.15) is 12.4 Å². The van der Waals surface area contributed by atoms with E-state index in [9.17, 15) is 0 Å². The fourth-order valence-electron chi connectivity index (χ4n) is 2.69. The summed E-state index contributed by atoms with van der Waals surface area (Å²) in [4.78, 5) is 0. The summed E-state index contributed by atoms with van der Waals surface area (Å²) in [7, 11) is 0. The Kier molecular flexibility index (Phi) is 4.87. The molecule has 0 heterocycles. The van der Waals surface area contributed by atoms with Crippen LogP contribution in [-0.4, -0.2) is 19.2 Å². The van der Waals surface area contributed by atoms with E-state index in [1.54, 1.807) is 0 Å². The molecule has 0 aliphatic heterocycles. The Bertz CT molecular complexity index is 410. The number of likely N-dealkylation sites (N-methyl/N-ethyl adjacent to an activating group) is 1. The first-order chi connectivity index (χ1) is 9.11.